The molecule has 0 N–H and O–H groups in total. The van der Waals surface area contributed by atoms with Crippen LogP contribution in [0.2, 0.25) is 0 Å². The lowest BCUT2D eigenvalue weighted by Gasteiger charge is -2.21. The SMILES string of the molecule is Cc1cc(C(=O)N2CCOc3c(cc(-c4cccs4)cc3O[C@H]3CCc4ccccc43)C2)n(C)n1. The molecule has 3 heterocycles. The third kappa shape index (κ3) is 4.10. The third-order valence-corrected chi connectivity index (χ3v) is 7.68. The molecule has 2 aromatic heterocycles. The number of nitrogens with zero attached hydrogens (tertiary/aromatic N) is 3. The van der Waals surface area contributed by atoms with Crippen molar-refractivity contribution in [1.29, 1.82) is 0 Å². The van der Waals surface area contributed by atoms with Crippen LogP contribution < -0.4 is 9.47 Å². The molecule has 4 aromatic rings. The number of hydrogen-bond acceptors (Lipinski definition) is 5. The average molecular weight is 486 g/mol. The smallest absolute Gasteiger partial charge is 0.272 e. The number of benzene rings is 2. The van der Waals surface area contributed by atoms with Crippen LogP contribution in [0.25, 0.3) is 10.4 Å². The fraction of sp³-hybridized carbons (Fsp3) is 0.286. The number of thiophene rings is 1. The Morgan fingerprint density at radius 3 is 2.83 bits per heavy atom. The quantitative estimate of drug-likeness (QED) is 0.380. The van der Waals surface area contributed by atoms with E-state index in [0.717, 1.165) is 46.0 Å². The van der Waals surface area contributed by atoms with E-state index in [4.69, 9.17) is 9.47 Å². The van der Waals surface area contributed by atoms with Crippen molar-refractivity contribution in [3.63, 3.8) is 0 Å². The van der Waals surface area contributed by atoms with Crippen molar-refractivity contribution in [2.24, 2.45) is 7.05 Å². The number of carbonyl (C=O) groups is 1. The summed E-state index contributed by atoms with van der Waals surface area (Å²) in [7, 11) is 1.81. The molecule has 0 radical (unpaired) electrons. The predicted octanol–water partition coefficient (Wildman–Crippen LogP) is 5.56. The summed E-state index contributed by atoms with van der Waals surface area (Å²) in [5, 5.41) is 6.43. The predicted molar refractivity (Wildman–Crippen MR) is 136 cm³/mol. The van der Waals surface area contributed by atoms with E-state index < -0.39 is 0 Å². The molecule has 6 rings (SSSR count). The number of aromatic nitrogens is 2. The Balaban J connectivity index is 1.38. The number of hydrogen-bond donors (Lipinski definition) is 0. The normalized spacial score (nSPS) is 16.9. The van der Waals surface area contributed by atoms with Gasteiger partial charge in [0.2, 0.25) is 0 Å². The molecule has 1 amide bonds. The maximum Gasteiger partial charge on any atom is 0.272 e. The monoisotopic (exact) mass is 485 g/mol. The van der Waals surface area contributed by atoms with E-state index in [2.05, 4.69) is 59.0 Å². The van der Waals surface area contributed by atoms with Crippen molar-refractivity contribution < 1.29 is 14.3 Å². The fourth-order valence-electron chi connectivity index (χ4n) is 5.10. The van der Waals surface area contributed by atoms with Gasteiger partial charge in [0.05, 0.1) is 12.2 Å². The standard InChI is InChI=1S/C28H27N3O3S/c1-18-14-23(30(2)29-18)28(32)31-11-12-33-27-21(17-31)15-20(26-8-5-13-35-26)16-25(27)34-24-10-9-19-6-3-4-7-22(19)24/h3-8,13-16,24H,9-12,17H2,1-2H3/t24-/m0/s1. The fourth-order valence-corrected chi connectivity index (χ4v) is 5.81. The highest BCUT2D eigenvalue weighted by Gasteiger charge is 2.29. The number of rotatable bonds is 4. The average Bonchev–Trinajstić information content (AvgIpc) is 3.56. The molecule has 2 aliphatic rings. The van der Waals surface area contributed by atoms with Crippen LogP contribution >= 0.6 is 11.3 Å². The molecule has 6 nitrogen and oxygen atoms in total. The molecular weight excluding hydrogens is 458 g/mol. The second-order valence-corrected chi connectivity index (χ2v) is 10.1. The van der Waals surface area contributed by atoms with E-state index in [1.807, 2.05) is 24.9 Å². The molecule has 0 fully saturated rings. The van der Waals surface area contributed by atoms with Crippen molar-refractivity contribution in [2.75, 3.05) is 13.2 Å². The topological polar surface area (TPSA) is 56.6 Å². The molecule has 0 saturated heterocycles. The molecule has 0 saturated carbocycles. The first kappa shape index (κ1) is 21.9. The Kier molecular flexibility index (Phi) is 5.57. The van der Waals surface area contributed by atoms with E-state index in [1.54, 1.807) is 16.0 Å². The van der Waals surface area contributed by atoms with Gasteiger partial charge in [0.25, 0.3) is 5.91 Å². The Labute approximate surface area is 208 Å². The molecule has 1 atom stereocenters. The maximum atomic E-state index is 13.4. The number of amides is 1. The van der Waals surface area contributed by atoms with Crippen molar-refractivity contribution in [2.45, 2.75) is 32.4 Å². The molecule has 0 bridgehead atoms. The zero-order valence-electron chi connectivity index (χ0n) is 19.9. The first-order valence-corrected chi connectivity index (χ1v) is 12.8. The lowest BCUT2D eigenvalue weighted by Crippen LogP contribution is -2.33. The van der Waals surface area contributed by atoms with Gasteiger partial charge in [-0.1, -0.05) is 30.3 Å². The Morgan fingerprint density at radius 1 is 1.14 bits per heavy atom. The van der Waals surface area contributed by atoms with Gasteiger partial charge in [-0.2, -0.15) is 5.10 Å². The van der Waals surface area contributed by atoms with E-state index in [9.17, 15) is 4.79 Å². The van der Waals surface area contributed by atoms with E-state index in [0.29, 0.717) is 25.4 Å². The molecule has 35 heavy (non-hydrogen) atoms. The van der Waals surface area contributed by atoms with Gasteiger partial charge in [0, 0.05) is 24.0 Å². The van der Waals surface area contributed by atoms with E-state index in [-0.39, 0.29) is 12.0 Å². The summed E-state index contributed by atoms with van der Waals surface area (Å²) in [5.74, 6) is 1.45. The van der Waals surface area contributed by atoms with Gasteiger partial charge in [0.15, 0.2) is 11.5 Å². The van der Waals surface area contributed by atoms with E-state index >= 15 is 0 Å². The van der Waals surface area contributed by atoms with Crippen LogP contribution in [0, 0.1) is 6.92 Å². The molecule has 0 spiro atoms. The molecule has 2 aromatic carbocycles. The van der Waals surface area contributed by atoms with Gasteiger partial charge in [-0.25, -0.2) is 0 Å². The minimum atomic E-state index is -0.0433. The Bertz CT molecular complexity index is 1390. The summed E-state index contributed by atoms with van der Waals surface area (Å²) in [6, 6.07) is 18.7. The summed E-state index contributed by atoms with van der Waals surface area (Å²) in [5.41, 5.74) is 6.05. The number of fused-ring (bicyclic) bond motifs is 2. The second kappa shape index (κ2) is 8.89. The summed E-state index contributed by atoms with van der Waals surface area (Å²) in [6.07, 6.45) is 1.96. The molecular formula is C28H27N3O3S. The maximum absolute atomic E-state index is 13.4. The van der Waals surface area contributed by atoms with Crippen molar-refractivity contribution in [3.05, 3.63) is 88.1 Å². The Hall–Kier alpha value is -3.58. The Morgan fingerprint density at radius 2 is 2.03 bits per heavy atom. The third-order valence-electron chi connectivity index (χ3n) is 6.76. The summed E-state index contributed by atoms with van der Waals surface area (Å²) < 4.78 is 14.6. The van der Waals surface area contributed by atoms with Crippen LogP contribution in [-0.4, -0.2) is 33.7 Å². The van der Waals surface area contributed by atoms with Gasteiger partial charge < -0.3 is 14.4 Å². The molecule has 1 aliphatic carbocycles. The van der Waals surface area contributed by atoms with Crippen molar-refractivity contribution in [1.82, 2.24) is 14.7 Å². The van der Waals surface area contributed by atoms with Crippen LogP contribution in [0.15, 0.2) is 60.0 Å². The zero-order chi connectivity index (χ0) is 23.9. The van der Waals surface area contributed by atoms with Crippen molar-refractivity contribution in [3.8, 4) is 21.9 Å². The highest BCUT2D eigenvalue weighted by Crippen LogP contribution is 2.43. The highest BCUT2D eigenvalue weighted by atomic mass is 32.1. The van der Waals surface area contributed by atoms with Crippen LogP contribution in [0.5, 0.6) is 11.5 Å². The van der Waals surface area contributed by atoms with Gasteiger partial charge in [-0.3, -0.25) is 9.48 Å². The van der Waals surface area contributed by atoms with E-state index in [1.165, 1.54) is 11.1 Å². The summed E-state index contributed by atoms with van der Waals surface area (Å²) >= 11 is 1.69. The largest absolute Gasteiger partial charge is 0.487 e. The second-order valence-electron chi connectivity index (χ2n) is 9.15. The number of carbonyl (C=O) groups excluding carboxylic acids is 1. The molecule has 178 valence electrons. The zero-order valence-corrected chi connectivity index (χ0v) is 20.7. The minimum absolute atomic E-state index is 0.00380. The molecule has 0 unspecified atom stereocenters. The van der Waals surface area contributed by atoms with Gasteiger partial charge in [0.1, 0.15) is 18.4 Å². The van der Waals surface area contributed by atoms with Crippen LogP contribution in [-0.2, 0) is 20.0 Å². The van der Waals surface area contributed by atoms with Gasteiger partial charge in [-0.15, -0.1) is 11.3 Å². The first-order chi connectivity index (χ1) is 17.1. The lowest BCUT2D eigenvalue weighted by atomic mass is 10.1. The van der Waals surface area contributed by atoms with Crippen LogP contribution in [0.3, 0.4) is 0 Å². The van der Waals surface area contributed by atoms with Gasteiger partial charge in [-0.05, 0) is 66.1 Å². The molecule has 7 heteroatoms. The first-order valence-electron chi connectivity index (χ1n) is 11.9. The van der Waals surface area contributed by atoms with Crippen molar-refractivity contribution >= 4 is 17.2 Å². The summed E-state index contributed by atoms with van der Waals surface area (Å²) in [4.78, 5) is 16.4. The lowest BCUT2D eigenvalue weighted by molar-refractivity contribution is 0.0722. The minimum Gasteiger partial charge on any atom is -0.487 e. The number of aryl methyl sites for hydroxylation is 3. The summed E-state index contributed by atoms with van der Waals surface area (Å²) in [6.45, 7) is 3.26. The highest BCUT2D eigenvalue weighted by molar-refractivity contribution is 7.13. The van der Waals surface area contributed by atoms with Gasteiger partial charge >= 0.3 is 0 Å². The van der Waals surface area contributed by atoms with Crippen LogP contribution in [0.4, 0.5) is 0 Å². The molecule has 1 aliphatic heterocycles. The van der Waals surface area contributed by atoms with Crippen LogP contribution in [0.1, 0.15) is 45.4 Å². The number of ether oxygens (including phenoxy) is 2.